The molecule has 0 spiro atoms. The Balaban J connectivity index is 1.75. The van der Waals surface area contributed by atoms with Gasteiger partial charge in [-0.2, -0.15) is 0 Å². The Hall–Kier alpha value is -2.58. The normalized spacial score (nSPS) is 20.6. The lowest BCUT2D eigenvalue weighted by atomic mass is 9.91. The van der Waals surface area contributed by atoms with E-state index in [1.165, 1.54) is 6.08 Å². The number of carboxylic acids is 1. The van der Waals surface area contributed by atoms with Gasteiger partial charge in [0.15, 0.2) is 0 Å². The molecule has 9 nitrogen and oxygen atoms in total. The number of aliphatic carboxylic acids is 1. The molecule has 0 aromatic rings. The summed E-state index contributed by atoms with van der Waals surface area (Å²) in [5.74, 6) is -1.13. The number of rotatable bonds is 8. The van der Waals surface area contributed by atoms with Crippen LogP contribution >= 0.6 is 0 Å². The maximum absolute atomic E-state index is 12.8. The first-order valence-corrected chi connectivity index (χ1v) is 11.9. The molecule has 0 radical (unpaired) electrons. The minimum absolute atomic E-state index is 0.0490. The van der Waals surface area contributed by atoms with Crippen LogP contribution in [0.2, 0.25) is 0 Å². The Labute approximate surface area is 196 Å². The fourth-order valence-electron chi connectivity index (χ4n) is 4.32. The third-order valence-corrected chi connectivity index (χ3v) is 6.18. The molecule has 186 valence electrons. The number of ether oxygens (including phenoxy) is 1. The van der Waals surface area contributed by atoms with Crippen LogP contribution in [0, 0.1) is 11.8 Å². The van der Waals surface area contributed by atoms with Gasteiger partial charge < -0.3 is 25.0 Å². The van der Waals surface area contributed by atoms with Crippen LogP contribution in [-0.2, 0) is 19.1 Å². The third kappa shape index (κ3) is 9.06. The monoisotopic (exact) mass is 465 g/mol. The van der Waals surface area contributed by atoms with E-state index in [0.717, 1.165) is 25.7 Å². The van der Waals surface area contributed by atoms with Crippen LogP contribution in [0.3, 0.4) is 0 Å². The number of nitrogens with one attached hydrogen (secondary N) is 1. The van der Waals surface area contributed by atoms with Crippen LogP contribution in [0.25, 0.3) is 0 Å². The average Bonchev–Trinajstić information content (AvgIpc) is 2.75. The standard InChI is InChI=1S/C24H39N3O6/c1-5-19(15-21(29)30)25-22(31)18-7-6-12-27(16-18)20(28)9-8-17-10-13-26(14-11-17)23(32)33-24(2,3)4/h5,17-19H,1,6-16H2,2-4H3,(H,25,31)(H,29,30)/t18-,19-/m1/s1. The molecule has 2 N–H and O–H groups in total. The predicted octanol–water partition coefficient (Wildman–Crippen LogP) is 2.80. The summed E-state index contributed by atoms with van der Waals surface area (Å²) in [5, 5.41) is 11.6. The number of hydrogen-bond acceptors (Lipinski definition) is 5. The molecule has 2 heterocycles. The Kier molecular flexibility index (Phi) is 9.73. The fraction of sp³-hybridized carbons (Fsp3) is 0.750. The zero-order chi connectivity index (χ0) is 24.6. The van der Waals surface area contributed by atoms with E-state index in [9.17, 15) is 19.2 Å². The van der Waals surface area contributed by atoms with E-state index in [-0.39, 0.29) is 30.2 Å². The van der Waals surface area contributed by atoms with E-state index in [1.807, 2.05) is 20.8 Å². The number of carbonyl (C=O) groups is 4. The Morgan fingerprint density at radius 1 is 1.12 bits per heavy atom. The van der Waals surface area contributed by atoms with Crippen molar-refractivity contribution in [2.24, 2.45) is 11.8 Å². The zero-order valence-electron chi connectivity index (χ0n) is 20.2. The first-order chi connectivity index (χ1) is 15.5. The second-order valence-electron chi connectivity index (χ2n) is 10.1. The van der Waals surface area contributed by atoms with Gasteiger partial charge in [-0.15, -0.1) is 6.58 Å². The molecule has 0 saturated carbocycles. The van der Waals surface area contributed by atoms with Crippen molar-refractivity contribution in [2.75, 3.05) is 26.2 Å². The number of carboxylic acid groups (broad SMARTS) is 1. The minimum Gasteiger partial charge on any atom is -0.481 e. The predicted molar refractivity (Wildman–Crippen MR) is 123 cm³/mol. The van der Waals surface area contributed by atoms with Crippen LogP contribution < -0.4 is 5.32 Å². The van der Waals surface area contributed by atoms with Gasteiger partial charge in [0.2, 0.25) is 11.8 Å². The highest BCUT2D eigenvalue weighted by molar-refractivity contribution is 5.82. The van der Waals surface area contributed by atoms with Crippen LogP contribution in [0.4, 0.5) is 4.79 Å². The van der Waals surface area contributed by atoms with Crippen molar-refractivity contribution in [1.82, 2.24) is 15.1 Å². The largest absolute Gasteiger partial charge is 0.481 e. The summed E-state index contributed by atoms with van der Waals surface area (Å²) in [6, 6.07) is -0.618. The van der Waals surface area contributed by atoms with Crippen LogP contribution in [-0.4, -0.2) is 76.6 Å². The van der Waals surface area contributed by atoms with Crippen molar-refractivity contribution in [3.05, 3.63) is 12.7 Å². The molecule has 2 rings (SSSR count). The summed E-state index contributed by atoms with van der Waals surface area (Å²) in [4.78, 5) is 51.9. The topological polar surface area (TPSA) is 116 Å². The minimum atomic E-state index is -1.00. The Morgan fingerprint density at radius 3 is 2.36 bits per heavy atom. The summed E-state index contributed by atoms with van der Waals surface area (Å²) < 4.78 is 5.43. The molecule has 0 aromatic carbocycles. The van der Waals surface area contributed by atoms with Gasteiger partial charge >= 0.3 is 12.1 Å². The first kappa shape index (κ1) is 26.7. The first-order valence-electron chi connectivity index (χ1n) is 11.9. The van der Waals surface area contributed by atoms with E-state index in [1.54, 1.807) is 9.80 Å². The van der Waals surface area contributed by atoms with Crippen molar-refractivity contribution in [3.63, 3.8) is 0 Å². The number of nitrogens with zero attached hydrogens (tertiary/aromatic N) is 2. The van der Waals surface area contributed by atoms with Crippen molar-refractivity contribution >= 4 is 23.9 Å². The highest BCUT2D eigenvalue weighted by atomic mass is 16.6. The lowest BCUT2D eigenvalue weighted by Gasteiger charge is -2.35. The van der Waals surface area contributed by atoms with Crippen molar-refractivity contribution in [1.29, 1.82) is 0 Å². The molecule has 3 amide bonds. The molecular weight excluding hydrogens is 426 g/mol. The Bertz CT molecular complexity index is 724. The maximum atomic E-state index is 12.8. The zero-order valence-corrected chi connectivity index (χ0v) is 20.2. The van der Waals surface area contributed by atoms with Crippen LogP contribution in [0.15, 0.2) is 12.7 Å². The lowest BCUT2D eigenvalue weighted by molar-refractivity contribution is -0.137. The maximum Gasteiger partial charge on any atom is 0.410 e. The molecule has 0 bridgehead atoms. The summed E-state index contributed by atoms with van der Waals surface area (Å²) in [6.45, 7) is 11.4. The van der Waals surface area contributed by atoms with Gasteiger partial charge in [0.25, 0.3) is 0 Å². The second kappa shape index (κ2) is 12.0. The van der Waals surface area contributed by atoms with Gasteiger partial charge in [-0.3, -0.25) is 14.4 Å². The van der Waals surface area contributed by atoms with Crippen molar-refractivity contribution in [2.45, 2.75) is 77.4 Å². The quantitative estimate of drug-likeness (QED) is 0.533. The van der Waals surface area contributed by atoms with Gasteiger partial charge in [-0.05, 0) is 58.8 Å². The summed E-state index contributed by atoms with van der Waals surface area (Å²) in [6.07, 6.45) is 5.25. The van der Waals surface area contributed by atoms with Crippen molar-refractivity contribution in [3.8, 4) is 0 Å². The van der Waals surface area contributed by atoms with E-state index < -0.39 is 17.6 Å². The molecule has 0 unspecified atom stereocenters. The lowest BCUT2D eigenvalue weighted by Crippen LogP contribution is -2.47. The van der Waals surface area contributed by atoms with Crippen molar-refractivity contribution < 1.29 is 29.0 Å². The third-order valence-electron chi connectivity index (χ3n) is 6.18. The number of carbonyl (C=O) groups excluding carboxylic acids is 3. The van der Waals surface area contributed by atoms with E-state index in [4.69, 9.17) is 9.84 Å². The van der Waals surface area contributed by atoms with Crippen LogP contribution in [0.1, 0.15) is 65.7 Å². The van der Waals surface area contributed by atoms with E-state index in [0.29, 0.717) is 44.9 Å². The molecule has 2 fully saturated rings. The summed E-state index contributed by atoms with van der Waals surface area (Å²) >= 11 is 0. The number of likely N-dealkylation sites (tertiary alicyclic amines) is 2. The number of piperidine rings is 2. The summed E-state index contributed by atoms with van der Waals surface area (Å²) in [7, 11) is 0. The number of amides is 3. The highest BCUT2D eigenvalue weighted by Crippen LogP contribution is 2.25. The van der Waals surface area contributed by atoms with Gasteiger partial charge in [0.1, 0.15) is 5.60 Å². The SMILES string of the molecule is C=C[C@H](CC(=O)O)NC(=O)[C@@H]1CCCN(C(=O)CCC2CCN(C(=O)OC(C)(C)C)CC2)C1. The Morgan fingerprint density at radius 2 is 1.79 bits per heavy atom. The molecular formula is C24H39N3O6. The van der Waals surface area contributed by atoms with E-state index in [2.05, 4.69) is 11.9 Å². The molecule has 33 heavy (non-hydrogen) atoms. The van der Waals surface area contributed by atoms with Gasteiger partial charge in [0, 0.05) is 32.6 Å². The highest BCUT2D eigenvalue weighted by Gasteiger charge is 2.31. The molecule has 2 aliphatic heterocycles. The number of hydrogen-bond donors (Lipinski definition) is 2. The van der Waals surface area contributed by atoms with Crippen LogP contribution in [0.5, 0.6) is 0 Å². The molecule has 9 heteroatoms. The summed E-state index contributed by atoms with van der Waals surface area (Å²) in [5.41, 5.74) is -0.508. The molecule has 2 atom stereocenters. The van der Waals surface area contributed by atoms with E-state index >= 15 is 0 Å². The molecule has 0 aromatic heterocycles. The van der Waals surface area contributed by atoms with Gasteiger partial charge in [-0.25, -0.2) is 4.79 Å². The average molecular weight is 466 g/mol. The fourth-order valence-corrected chi connectivity index (χ4v) is 4.32. The smallest absolute Gasteiger partial charge is 0.410 e. The van der Waals surface area contributed by atoms with Gasteiger partial charge in [0.05, 0.1) is 18.4 Å². The molecule has 2 aliphatic rings. The molecule has 2 saturated heterocycles. The molecule has 0 aliphatic carbocycles. The second-order valence-corrected chi connectivity index (χ2v) is 10.1. The van der Waals surface area contributed by atoms with Gasteiger partial charge in [-0.1, -0.05) is 6.08 Å².